The Labute approximate surface area is 184 Å². The fraction of sp³-hybridized carbons (Fsp3) is 0.130. The smallest absolute Gasteiger partial charge is 0.253 e. The van der Waals surface area contributed by atoms with E-state index in [2.05, 4.69) is 15.2 Å². The van der Waals surface area contributed by atoms with E-state index < -0.39 is 0 Å². The second-order valence-corrected chi connectivity index (χ2v) is 7.97. The second-order valence-electron chi connectivity index (χ2n) is 6.96. The van der Waals surface area contributed by atoms with Crippen molar-refractivity contribution in [1.29, 1.82) is 0 Å². The minimum atomic E-state index is -0.0516. The Balaban J connectivity index is 1.63. The van der Waals surface area contributed by atoms with Crippen molar-refractivity contribution >= 4 is 22.4 Å². The highest BCUT2D eigenvalue weighted by Crippen LogP contribution is 2.36. The Morgan fingerprint density at radius 3 is 2.55 bits per heavy atom. The number of rotatable bonds is 6. The van der Waals surface area contributed by atoms with Gasteiger partial charge in [-0.25, -0.2) is 0 Å². The van der Waals surface area contributed by atoms with E-state index in [4.69, 9.17) is 10.5 Å². The summed E-state index contributed by atoms with van der Waals surface area (Å²) in [5.41, 5.74) is 10.1. The first-order valence-corrected chi connectivity index (χ1v) is 10.4. The third-order valence-corrected chi connectivity index (χ3v) is 5.61. The second kappa shape index (κ2) is 8.93. The summed E-state index contributed by atoms with van der Waals surface area (Å²) in [6, 6.07) is 17.2. The summed E-state index contributed by atoms with van der Waals surface area (Å²) in [6.07, 6.45) is 3.45. The molecule has 4 aromatic rings. The van der Waals surface area contributed by atoms with Gasteiger partial charge in [0.1, 0.15) is 5.75 Å². The highest BCUT2D eigenvalue weighted by molar-refractivity contribution is 7.18. The maximum atomic E-state index is 13.0. The molecule has 2 aromatic heterocycles. The molecular weight excluding hydrogens is 410 g/mol. The van der Waals surface area contributed by atoms with Gasteiger partial charge in [-0.05, 0) is 53.1 Å². The number of benzene rings is 2. The van der Waals surface area contributed by atoms with Gasteiger partial charge in [-0.1, -0.05) is 29.5 Å². The van der Waals surface area contributed by atoms with Crippen LogP contribution in [-0.2, 0) is 6.54 Å². The van der Waals surface area contributed by atoms with Crippen LogP contribution in [0.4, 0.5) is 5.13 Å². The van der Waals surface area contributed by atoms with Gasteiger partial charge in [0.15, 0.2) is 5.01 Å². The first-order chi connectivity index (χ1) is 15.0. The van der Waals surface area contributed by atoms with E-state index in [9.17, 15) is 4.79 Å². The van der Waals surface area contributed by atoms with Gasteiger partial charge in [-0.15, -0.1) is 10.2 Å². The molecule has 4 rings (SSSR count). The zero-order chi connectivity index (χ0) is 21.8. The highest BCUT2D eigenvalue weighted by Gasteiger charge is 2.15. The molecule has 2 N–H and O–H groups in total. The van der Waals surface area contributed by atoms with Crippen molar-refractivity contribution in [2.75, 3.05) is 19.9 Å². The molecular formula is C23H21N5O2S. The van der Waals surface area contributed by atoms with Gasteiger partial charge < -0.3 is 15.4 Å². The summed E-state index contributed by atoms with van der Waals surface area (Å²) < 4.78 is 5.48. The number of nitrogens with zero attached hydrogens (tertiary/aromatic N) is 4. The number of hydrogen-bond acceptors (Lipinski definition) is 7. The van der Waals surface area contributed by atoms with Crippen molar-refractivity contribution in [2.45, 2.75) is 6.54 Å². The van der Waals surface area contributed by atoms with Crippen LogP contribution in [0.2, 0.25) is 0 Å². The molecule has 0 saturated heterocycles. The Hall–Kier alpha value is -3.78. The molecule has 0 bridgehead atoms. The van der Waals surface area contributed by atoms with Crippen molar-refractivity contribution in [3.63, 3.8) is 0 Å². The summed E-state index contributed by atoms with van der Waals surface area (Å²) in [6.45, 7) is 0.511. The van der Waals surface area contributed by atoms with Crippen LogP contribution < -0.4 is 10.5 Å². The average molecular weight is 432 g/mol. The van der Waals surface area contributed by atoms with Crippen LogP contribution >= 0.6 is 11.3 Å². The minimum Gasteiger partial charge on any atom is -0.496 e. The molecule has 0 atom stereocenters. The van der Waals surface area contributed by atoms with Crippen LogP contribution in [0.1, 0.15) is 15.9 Å². The van der Waals surface area contributed by atoms with Crippen LogP contribution in [0.15, 0.2) is 67.0 Å². The van der Waals surface area contributed by atoms with Crippen molar-refractivity contribution in [1.82, 2.24) is 20.1 Å². The summed E-state index contributed by atoms with van der Waals surface area (Å²) in [5, 5.41) is 9.11. The molecule has 0 saturated carbocycles. The fourth-order valence-electron chi connectivity index (χ4n) is 3.28. The van der Waals surface area contributed by atoms with Crippen LogP contribution in [0.3, 0.4) is 0 Å². The van der Waals surface area contributed by atoms with Crippen LogP contribution in [0, 0.1) is 0 Å². The van der Waals surface area contributed by atoms with E-state index in [0.717, 1.165) is 22.3 Å². The number of aromatic nitrogens is 3. The monoisotopic (exact) mass is 431 g/mol. The number of hydrogen-bond donors (Lipinski definition) is 1. The Morgan fingerprint density at radius 2 is 1.84 bits per heavy atom. The van der Waals surface area contributed by atoms with E-state index >= 15 is 0 Å². The molecule has 0 aliphatic heterocycles. The predicted octanol–water partition coefficient (Wildman–Crippen LogP) is 4.13. The van der Waals surface area contributed by atoms with E-state index in [-0.39, 0.29) is 5.91 Å². The molecule has 2 heterocycles. The molecule has 8 heteroatoms. The lowest BCUT2D eigenvalue weighted by Crippen LogP contribution is -2.26. The summed E-state index contributed by atoms with van der Waals surface area (Å²) >= 11 is 1.30. The Bertz CT molecular complexity index is 1210. The van der Waals surface area contributed by atoms with E-state index in [1.807, 2.05) is 54.6 Å². The third-order valence-electron chi connectivity index (χ3n) is 4.83. The van der Waals surface area contributed by atoms with Gasteiger partial charge in [0.05, 0.1) is 12.7 Å². The van der Waals surface area contributed by atoms with Gasteiger partial charge in [-0.2, -0.15) is 0 Å². The number of anilines is 1. The Morgan fingerprint density at radius 1 is 1.06 bits per heavy atom. The van der Waals surface area contributed by atoms with Crippen LogP contribution in [0.25, 0.3) is 21.7 Å². The SMILES string of the molecule is COc1ccc(-c2cccc(C(=O)N(C)Cc3ccncc3)c2)cc1-c1nnc(N)s1. The standard InChI is InChI=1S/C23H21N5O2S/c1-28(14-15-8-10-25-11-9-15)22(29)18-5-3-4-16(12-18)17-6-7-20(30-2)19(13-17)21-26-27-23(24)31-21/h3-13H,14H2,1-2H3,(H2,24,27). The molecule has 0 unspecified atom stereocenters. The average Bonchev–Trinajstić information content (AvgIpc) is 3.25. The largest absolute Gasteiger partial charge is 0.496 e. The molecule has 0 spiro atoms. The first kappa shape index (κ1) is 20.5. The lowest BCUT2D eigenvalue weighted by molar-refractivity contribution is 0.0785. The quantitative estimate of drug-likeness (QED) is 0.493. The summed E-state index contributed by atoms with van der Waals surface area (Å²) in [5.74, 6) is 0.633. The molecule has 0 fully saturated rings. The fourth-order valence-corrected chi connectivity index (χ4v) is 3.91. The topological polar surface area (TPSA) is 94.2 Å². The number of ether oxygens (including phenoxy) is 1. The number of nitrogens with two attached hydrogens (primary N) is 1. The molecule has 7 nitrogen and oxygen atoms in total. The van der Waals surface area contributed by atoms with Crippen LogP contribution in [0.5, 0.6) is 5.75 Å². The zero-order valence-electron chi connectivity index (χ0n) is 17.1. The van der Waals surface area contributed by atoms with Gasteiger partial charge >= 0.3 is 0 Å². The summed E-state index contributed by atoms with van der Waals surface area (Å²) in [4.78, 5) is 18.7. The molecule has 0 aliphatic carbocycles. The van der Waals surface area contributed by atoms with Crippen molar-refractivity contribution in [2.24, 2.45) is 0 Å². The Kier molecular flexibility index (Phi) is 5.90. The number of methoxy groups -OCH3 is 1. The number of amides is 1. The number of carbonyl (C=O) groups excluding carboxylic acids is 1. The number of nitrogen functional groups attached to an aromatic ring is 1. The zero-order valence-corrected chi connectivity index (χ0v) is 18.0. The van der Waals surface area contributed by atoms with Gasteiger partial charge in [-0.3, -0.25) is 9.78 Å². The summed E-state index contributed by atoms with van der Waals surface area (Å²) in [7, 11) is 3.40. The van der Waals surface area contributed by atoms with E-state index in [1.54, 1.807) is 31.5 Å². The minimum absolute atomic E-state index is 0.0516. The van der Waals surface area contributed by atoms with E-state index in [1.165, 1.54) is 11.3 Å². The first-order valence-electron chi connectivity index (χ1n) is 9.57. The normalized spacial score (nSPS) is 10.6. The van der Waals surface area contributed by atoms with E-state index in [0.29, 0.717) is 28.0 Å². The maximum absolute atomic E-state index is 13.0. The molecule has 0 aliphatic rings. The third kappa shape index (κ3) is 4.54. The number of pyridine rings is 1. The van der Waals surface area contributed by atoms with Crippen molar-refractivity contribution in [3.8, 4) is 27.4 Å². The predicted molar refractivity (Wildman–Crippen MR) is 122 cm³/mol. The molecule has 1 amide bonds. The van der Waals surface area contributed by atoms with Crippen molar-refractivity contribution < 1.29 is 9.53 Å². The lowest BCUT2D eigenvalue weighted by atomic mass is 10.00. The van der Waals surface area contributed by atoms with Gasteiger partial charge in [0, 0.05) is 31.5 Å². The van der Waals surface area contributed by atoms with Crippen LogP contribution in [-0.4, -0.2) is 40.1 Å². The molecule has 0 radical (unpaired) electrons. The van der Waals surface area contributed by atoms with Crippen molar-refractivity contribution in [3.05, 3.63) is 78.1 Å². The van der Waals surface area contributed by atoms with Gasteiger partial charge in [0.25, 0.3) is 5.91 Å². The highest BCUT2D eigenvalue weighted by atomic mass is 32.1. The molecule has 2 aromatic carbocycles. The molecule has 31 heavy (non-hydrogen) atoms. The maximum Gasteiger partial charge on any atom is 0.253 e. The lowest BCUT2D eigenvalue weighted by Gasteiger charge is -2.18. The molecule has 156 valence electrons. The van der Waals surface area contributed by atoms with Gasteiger partial charge in [0.2, 0.25) is 5.13 Å². The number of carbonyl (C=O) groups is 1.